The molecule has 0 aliphatic heterocycles. The first-order chi connectivity index (χ1) is 12.3. The van der Waals surface area contributed by atoms with Crippen molar-refractivity contribution in [2.75, 3.05) is 13.6 Å². The van der Waals surface area contributed by atoms with Crippen LogP contribution in [0.4, 0.5) is 18.0 Å². The van der Waals surface area contributed by atoms with Gasteiger partial charge in [0.25, 0.3) is 0 Å². The first kappa shape index (κ1) is 18.4. The van der Waals surface area contributed by atoms with Crippen LogP contribution in [-0.2, 0) is 12.7 Å². The highest BCUT2D eigenvalue weighted by atomic mass is 32.1. The van der Waals surface area contributed by atoms with Crippen LogP contribution in [0.25, 0.3) is 10.7 Å². The molecule has 0 spiro atoms. The minimum atomic E-state index is -4.67. The summed E-state index contributed by atoms with van der Waals surface area (Å²) in [6.07, 6.45) is -1.12. The smallest absolute Gasteiger partial charge is 0.329 e. The van der Waals surface area contributed by atoms with Gasteiger partial charge < -0.3 is 14.3 Å². The maximum atomic E-state index is 12.6. The number of carbonyl (C=O) groups is 1. The number of alkyl halides is 3. The Morgan fingerprint density at radius 1 is 1.46 bits per heavy atom. The molecule has 0 saturated heterocycles. The average molecular weight is 386 g/mol. The molecule has 6 nitrogen and oxygen atoms in total. The predicted molar refractivity (Wildman–Crippen MR) is 89.4 cm³/mol. The van der Waals surface area contributed by atoms with Crippen molar-refractivity contribution in [1.29, 1.82) is 0 Å². The zero-order valence-electron chi connectivity index (χ0n) is 14.0. The summed E-state index contributed by atoms with van der Waals surface area (Å²) in [4.78, 5) is 20.6. The first-order valence-corrected chi connectivity index (χ1v) is 8.74. The first-order valence-electron chi connectivity index (χ1n) is 7.92. The second kappa shape index (κ2) is 7.10. The molecule has 1 saturated carbocycles. The Kier molecular flexibility index (Phi) is 5.03. The fourth-order valence-corrected chi connectivity index (χ4v) is 3.35. The third-order valence-electron chi connectivity index (χ3n) is 3.84. The van der Waals surface area contributed by atoms with Crippen LogP contribution in [0.5, 0.6) is 0 Å². The van der Waals surface area contributed by atoms with Crippen molar-refractivity contribution >= 4 is 17.4 Å². The fourth-order valence-electron chi connectivity index (χ4n) is 2.42. The van der Waals surface area contributed by atoms with E-state index in [1.54, 1.807) is 35.1 Å². The summed E-state index contributed by atoms with van der Waals surface area (Å²) in [7, 11) is 1.71. The van der Waals surface area contributed by atoms with Gasteiger partial charge in [0.2, 0.25) is 5.82 Å². The summed E-state index contributed by atoms with van der Waals surface area (Å²) in [5, 5.41) is 3.38. The third-order valence-corrected chi connectivity index (χ3v) is 4.91. The topological polar surface area (TPSA) is 62.5 Å². The lowest BCUT2D eigenvalue weighted by molar-refractivity contribution is -0.159. The van der Waals surface area contributed by atoms with Gasteiger partial charge in [-0.05, 0) is 25.0 Å². The molecule has 140 valence electrons. The van der Waals surface area contributed by atoms with Gasteiger partial charge in [-0.3, -0.25) is 0 Å². The molecule has 0 aromatic carbocycles. The summed E-state index contributed by atoms with van der Waals surface area (Å²) in [6.45, 7) is 4.46. The van der Waals surface area contributed by atoms with E-state index in [0.717, 1.165) is 17.7 Å². The fraction of sp³-hybridized carbons (Fsp3) is 0.438. The van der Waals surface area contributed by atoms with Crippen LogP contribution < -0.4 is 0 Å². The molecule has 1 fully saturated rings. The summed E-state index contributed by atoms with van der Waals surface area (Å²) in [6, 6.07) is 3.50. The van der Waals surface area contributed by atoms with Crippen LogP contribution in [0, 0.1) is 0 Å². The van der Waals surface area contributed by atoms with Crippen LogP contribution >= 0.6 is 11.3 Å². The molecule has 2 aromatic heterocycles. The lowest BCUT2D eigenvalue weighted by atomic mass is 10.3. The average Bonchev–Trinajstić information content (AvgIpc) is 3.10. The molecule has 2 heterocycles. The number of hydrogen-bond donors (Lipinski definition) is 0. The number of hydrogen-bond acceptors (Lipinski definition) is 5. The van der Waals surface area contributed by atoms with Crippen molar-refractivity contribution in [3.8, 4) is 10.7 Å². The molecule has 26 heavy (non-hydrogen) atoms. The van der Waals surface area contributed by atoms with E-state index in [1.807, 2.05) is 0 Å². The van der Waals surface area contributed by atoms with Crippen molar-refractivity contribution in [2.24, 2.45) is 0 Å². The molecule has 0 atom stereocenters. The molecular weight excluding hydrogens is 369 g/mol. The Labute approximate surface area is 151 Å². The van der Waals surface area contributed by atoms with E-state index in [0.29, 0.717) is 18.0 Å². The number of amides is 2. The van der Waals surface area contributed by atoms with Gasteiger partial charge in [0.1, 0.15) is 0 Å². The predicted octanol–water partition coefficient (Wildman–Crippen LogP) is 4.02. The highest BCUT2D eigenvalue weighted by Crippen LogP contribution is 2.34. The van der Waals surface area contributed by atoms with E-state index in [9.17, 15) is 18.0 Å². The Morgan fingerprint density at radius 2 is 2.19 bits per heavy atom. The number of urea groups is 1. The molecule has 0 unspecified atom stereocenters. The quantitative estimate of drug-likeness (QED) is 0.704. The number of nitrogens with zero attached hydrogens (tertiary/aromatic N) is 4. The minimum Gasteiger partial charge on any atom is -0.329 e. The van der Waals surface area contributed by atoms with E-state index in [2.05, 4.69) is 21.2 Å². The lowest BCUT2D eigenvalue weighted by Crippen LogP contribution is -2.41. The normalized spacial score (nSPS) is 14.3. The lowest BCUT2D eigenvalue weighted by Gasteiger charge is -2.27. The van der Waals surface area contributed by atoms with Crippen molar-refractivity contribution in [2.45, 2.75) is 31.6 Å². The number of rotatable bonds is 6. The highest BCUT2D eigenvalue weighted by molar-refractivity contribution is 7.15. The van der Waals surface area contributed by atoms with Crippen molar-refractivity contribution in [3.63, 3.8) is 0 Å². The molecule has 0 bridgehead atoms. The number of aromatic nitrogens is 2. The Morgan fingerprint density at radius 3 is 2.77 bits per heavy atom. The van der Waals surface area contributed by atoms with Crippen LogP contribution in [0.15, 0.2) is 29.3 Å². The van der Waals surface area contributed by atoms with Crippen molar-refractivity contribution < 1.29 is 22.5 Å². The number of thiophene rings is 1. The molecule has 1 aliphatic rings. The van der Waals surface area contributed by atoms with Gasteiger partial charge in [-0.2, -0.15) is 18.2 Å². The number of carbonyl (C=O) groups excluding carboxylic acids is 1. The summed E-state index contributed by atoms with van der Waals surface area (Å²) < 4.78 is 42.0. The second-order valence-electron chi connectivity index (χ2n) is 6.00. The zero-order valence-corrected chi connectivity index (χ0v) is 14.8. The molecule has 0 radical (unpaired) electrons. The summed E-state index contributed by atoms with van der Waals surface area (Å²) >= 11 is 1.24. The van der Waals surface area contributed by atoms with Gasteiger partial charge in [-0.15, -0.1) is 17.9 Å². The Hall–Kier alpha value is -2.36. The maximum Gasteiger partial charge on any atom is 0.471 e. The third kappa shape index (κ3) is 4.06. The van der Waals surface area contributed by atoms with Gasteiger partial charge in [0, 0.05) is 24.5 Å². The van der Waals surface area contributed by atoms with Gasteiger partial charge in [-0.1, -0.05) is 11.2 Å². The minimum absolute atomic E-state index is 0.0960. The van der Waals surface area contributed by atoms with Gasteiger partial charge in [0.15, 0.2) is 0 Å². The van der Waals surface area contributed by atoms with E-state index in [4.69, 9.17) is 0 Å². The van der Waals surface area contributed by atoms with E-state index < -0.39 is 12.1 Å². The van der Waals surface area contributed by atoms with Crippen molar-refractivity contribution in [1.82, 2.24) is 19.9 Å². The van der Waals surface area contributed by atoms with E-state index >= 15 is 0 Å². The molecule has 1 aliphatic carbocycles. The number of likely N-dealkylation sites (N-methyl/N-ethyl adjacent to an activating group) is 1. The van der Waals surface area contributed by atoms with Crippen LogP contribution in [0.2, 0.25) is 0 Å². The summed E-state index contributed by atoms with van der Waals surface area (Å²) in [5.41, 5.74) is 0. The molecule has 3 rings (SSSR count). The zero-order chi connectivity index (χ0) is 18.9. The largest absolute Gasteiger partial charge is 0.471 e. The molecular formula is C16H17F3N4O2S. The molecule has 2 amide bonds. The van der Waals surface area contributed by atoms with Gasteiger partial charge in [-0.25, -0.2) is 4.79 Å². The van der Waals surface area contributed by atoms with E-state index in [1.165, 1.54) is 11.3 Å². The van der Waals surface area contributed by atoms with Gasteiger partial charge in [0.05, 0.1) is 11.4 Å². The monoisotopic (exact) mass is 386 g/mol. The SMILES string of the molecule is C=CCN(C)C(=O)N(Cc1ccc(-c2noc(C(F)(F)F)n2)s1)C1CC1. The Bertz CT molecular complexity index is 798. The van der Waals surface area contributed by atoms with Crippen LogP contribution in [0.3, 0.4) is 0 Å². The summed E-state index contributed by atoms with van der Waals surface area (Å²) in [5.74, 6) is -1.48. The van der Waals surface area contributed by atoms with Crippen LogP contribution in [-0.4, -0.2) is 45.6 Å². The second-order valence-corrected chi connectivity index (χ2v) is 7.17. The standard InChI is InChI=1S/C16H17F3N4O2S/c1-3-8-22(2)15(24)23(10-4-5-10)9-11-6-7-12(26-11)13-20-14(25-21-13)16(17,18)19/h3,6-7,10H,1,4-5,8-9H2,2H3. The van der Waals surface area contributed by atoms with Crippen LogP contribution in [0.1, 0.15) is 23.6 Å². The van der Waals surface area contributed by atoms with E-state index in [-0.39, 0.29) is 17.9 Å². The maximum absolute atomic E-state index is 12.6. The molecule has 0 N–H and O–H groups in total. The highest BCUT2D eigenvalue weighted by Gasteiger charge is 2.39. The molecule has 10 heteroatoms. The molecule has 2 aromatic rings. The van der Waals surface area contributed by atoms with Gasteiger partial charge >= 0.3 is 18.1 Å². The van der Waals surface area contributed by atoms with Crippen molar-refractivity contribution in [3.05, 3.63) is 35.6 Å². The Balaban J connectivity index is 1.73. The number of halogens is 3.